The van der Waals surface area contributed by atoms with Gasteiger partial charge in [-0.1, -0.05) is 51.2 Å². The van der Waals surface area contributed by atoms with Crippen LogP contribution in [0.5, 0.6) is 0 Å². The molecule has 0 aliphatic heterocycles. The fourth-order valence-electron chi connectivity index (χ4n) is 2.25. The molecule has 0 fully saturated rings. The maximum Gasteiger partial charge on any atom is 0.277 e. The summed E-state index contributed by atoms with van der Waals surface area (Å²) in [7, 11) is 0. The molecule has 2 heterocycles. The first-order valence-corrected chi connectivity index (χ1v) is 11.0. The Balaban J connectivity index is 1.38. The number of fused-ring (bicyclic) bond motifs is 1. The van der Waals surface area contributed by atoms with Crippen LogP contribution in [-0.2, 0) is 4.79 Å². The van der Waals surface area contributed by atoms with Crippen LogP contribution in [0.3, 0.4) is 0 Å². The Morgan fingerprint density at radius 2 is 2.04 bits per heavy atom. The Morgan fingerprint density at radius 3 is 2.89 bits per heavy atom. The lowest BCUT2D eigenvalue weighted by Crippen LogP contribution is -2.13. The van der Waals surface area contributed by atoms with Crippen molar-refractivity contribution in [2.45, 2.75) is 5.22 Å². The molecule has 0 saturated heterocycles. The normalized spacial score (nSPS) is 11.0. The van der Waals surface area contributed by atoms with Gasteiger partial charge in [-0.2, -0.15) is 0 Å². The smallest absolute Gasteiger partial charge is 0.277 e. The predicted molar refractivity (Wildman–Crippen MR) is 114 cm³/mol. The summed E-state index contributed by atoms with van der Waals surface area (Å²) in [5.41, 5.74) is 1.66. The highest BCUT2D eigenvalue weighted by molar-refractivity contribution is 9.10. The molecule has 0 atom stereocenters. The number of aromatic nitrogens is 3. The topological polar surface area (TPSA) is 80.9 Å². The van der Waals surface area contributed by atoms with Crippen molar-refractivity contribution in [3.05, 3.63) is 51.4 Å². The molecule has 4 rings (SSSR count). The van der Waals surface area contributed by atoms with Gasteiger partial charge in [-0.3, -0.25) is 4.79 Å². The molecule has 27 heavy (non-hydrogen) atoms. The van der Waals surface area contributed by atoms with E-state index in [1.807, 2.05) is 42.5 Å². The number of nitrogens with zero attached hydrogens (tertiary/aromatic N) is 3. The minimum atomic E-state index is -0.182. The Kier molecular flexibility index (Phi) is 5.58. The van der Waals surface area contributed by atoms with Crippen molar-refractivity contribution < 1.29 is 9.21 Å². The number of anilines is 1. The summed E-state index contributed by atoms with van der Waals surface area (Å²) in [5, 5.41) is 11.7. The standard InChI is InChI=1S/C17H10Br2N4O2S2/c18-9-5-6-12-13(7-9)27-16(20-12)21-14(24)8-26-17-23-22-15(25-17)10-3-1-2-4-11(10)19/h1-7H,8H2,(H,20,21,24). The molecule has 0 unspecified atom stereocenters. The average molecular weight is 526 g/mol. The Morgan fingerprint density at radius 1 is 1.19 bits per heavy atom. The highest BCUT2D eigenvalue weighted by Gasteiger charge is 2.14. The van der Waals surface area contributed by atoms with Gasteiger partial charge in [0.25, 0.3) is 5.22 Å². The van der Waals surface area contributed by atoms with E-state index < -0.39 is 0 Å². The SMILES string of the molecule is O=C(CSc1nnc(-c2ccccc2Br)o1)Nc1nc2ccc(Br)cc2s1. The van der Waals surface area contributed by atoms with Crippen molar-refractivity contribution in [1.82, 2.24) is 15.2 Å². The highest BCUT2D eigenvalue weighted by Crippen LogP contribution is 2.30. The molecule has 2 aromatic carbocycles. The summed E-state index contributed by atoms with van der Waals surface area (Å²) < 4.78 is 8.47. The number of halogens is 2. The number of carbonyl (C=O) groups is 1. The zero-order valence-electron chi connectivity index (χ0n) is 13.5. The molecule has 1 amide bonds. The fraction of sp³-hybridized carbons (Fsp3) is 0.0588. The monoisotopic (exact) mass is 524 g/mol. The highest BCUT2D eigenvalue weighted by atomic mass is 79.9. The van der Waals surface area contributed by atoms with Crippen LogP contribution in [0.4, 0.5) is 5.13 Å². The first-order chi connectivity index (χ1) is 13.1. The number of amides is 1. The van der Waals surface area contributed by atoms with Gasteiger partial charge in [0.2, 0.25) is 11.8 Å². The summed E-state index contributed by atoms with van der Waals surface area (Å²) in [6, 6.07) is 13.4. The molecule has 136 valence electrons. The number of thiazole rings is 1. The van der Waals surface area contributed by atoms with Gasteiger partial charge in [0.1, 0.15) is 0 Å². The second-order valence-electron chi connectivity index (χ2n) is 5.32. The van der Waals surface area contributed by atoms with E-state index in [0.717, 1.165) is 24.7 Å². The minimum absolute atomic E-state index is 0.150. The van der Waals surface area contributed by atoms with E-state index in [4.69, 9.17) is 4.42 Å². The van der Waals surface area contributed by atoms with E-state index in [0.29, 0.717) is 16.2 Å². The second-order valence-corrected chi connectivity index (χ2v) is 9.05. The molecule has 6 nitrogen and oxygen atoms in total. The largest absolute Gasteiger partial charge is 0.411 e. The van der Waals surface area contributed by atoms with Crippen molar-refractivity contribution in [2.24, 2.45) is 0 Å². The molecule has 0 bridgehead atoms. The van der Waals surface area contributed by atoms with Crippen LogP contribution in [0.1, 0.15) is 0 Å². The quantitative estimate of drug-likeness (QED) is 0.341. The number of hydrogen-bond donors (Lipinski definition) is 1. The minimum Gasteiger partial charge on any atom is -0.411 e. The maximum atomic E-state index is 12.2. The van der Waals surface area contributed by atoms with Crippen molar-refractivity contribution >= 4 is 76.2 Å². The number of nitrogens with one attached hydrogen (secondary N) is 1. The fourth-order valence-corrected chi connectivity index (χ4v) is 4.70. The third kappa shape index (κ3) is 4.40. The molecule has 2 aromatic heterocycles. The van der Waals surface area contributed by atoms with Gasteiger partial charge < -0.3 is 9.73 Å². The lowest BCUT2D eigenvalue weighted by molar-refractivity contribution is -0.113. The number of thioether (sulfide) groups is 1. The van der Waals surface area contributed by atoms with Crippen molar-refractivity contribution in [2.75, 3.05) is 11.1 Å². The molecule has 0 saturated carbocycles. The van der Waals surface area contributed by atoms with E-state index >= 15 is 0 Å². The molecule has 0 aliphatic rings. The number of benzene rings is 2. The van der Waals surface area contributed by atoms with E-state index in [1.54, 1.807) is 0 Å². The summed E-state index contributed by atoms with van der Waals surface area (Å²) >= 11 is 9.49. The van der Waals surface area contributed by atoms with Crippen LogP contribution < -0.4 is 5.32 Å². The third-order valence-corrected chi connectivity index (χ3v) is 6.37. The molecule has 0 spiro atoms. The Bertz CT molecular complexity index is 1130. The molecule has 4 aromatic rings. The van der Waals surface area contributed by atoms with Crippen LogP contribution in [0.2, 0.25) is 0 Å². The number of carbonyl (C=O) groups excluding carboxylic acids is 1. The van der Waals surface area contributed by atoms with Crippen LogP contribution in [0.25, 0.3) is 21.7 Å². The third-order valence-electron chi connectivity index (χ3n) is 3.43. The van der Waals surface area contributed by atoms with Gasteiger partial charge in [-0.25, -0.2) is 4.98 Å². The van der Waals surface area contributed by atoms with E-state index in [1.165, 1.54) is 23.1 Å². The second kappa shape index (κ2) is 8.09. The molecule has 1 N–H and O–H groups in total. The zero-order valence-corrected chi connectivity index (χ0v) is 18.3. The van der Waals surface area contributed by atoms with Crippen molar-refractivity contribution in [1.29, 1.82) is 0 Å². The Labute approximate surface area is 179 Å². The lowest BCUT2D eigenvalue weighted by atomic mass is 10.2. The molecule has 0 aliphatic carbocycles. The lowest BCUT2D eigenvalue weighted by Gasteiger charge is -1.99. The summed E-state index contributed by atoms with van der Waals surface area (Å²) in [5.74, 6) is 0.373. The first kappa shape index (κ1) is 18.6. The molecule has 0 radical (unpaired) electrons. The van der Waals surface area contributed by atoms with E-state index in [2.05, 4.69) is 52.4 Å². The Hall–Kier alpha value is -1.75. The first-order valence-electron chi connectivity index (χ1n) is 7.65. The zero-order chi connectivity index (χ0) is 18.8. The van der Waals surface area contributed by atoms with Gasteiger partial charge >= 0.3 is 0 Å². The van der Waals surface area contributed by atoms with Crippen LogP contribution in [-0.4, -0.2) is 26.8 Å². The summed E-state index contributed by atoms with van der Waals surface area (Å²) in [6.45, 7) is 0. The van der Waals surface area contributed by atoms with E-state index in [-0.39, 0.29) is 11.7 Å². The maximum absolute atomic E-state index is 12.2. The number of hydrogen-bond acceptors (Lipinski definition) is 7. The summed E-state index contributed by atoms with van der Waals surface area (Å²) in [6.07, 6.45) is 0. The van der Waals surface area contributed by atoms with E-state index in [9.17, 15) is 4.79 Å². The van der Waals surface area contributed by atoms with Crippen LogP contribution >= 0.6 is 55.0 Å². The van der Waals surface area contributed by atoms with Gasteiger partial charge in [0.05, 0.1) is 21.5 Å². The van der Waals surface area contributed by atoms with Crippen molar-refractivity contribution in [3.8, 4) is 11.5 Å². The van der Waals surface area contributed by atoms with Crippen LogP contribution in [0.15, 0.2) is 61.0 Å². The van der Waals surface area contributed by atoms with Crippen LogP contribution in [0, 0.1) is 0 Å². The van der Waals surface area contributed by atoms with Gasteiger partial charge in [0, 0.05) is 8.95 Å². The van der Waals surface area contributed by atoms with Crippen molar-refractivity contribution in [3.63, 3.8) is 0 Å². The predicted octanol–water partition coefficient (Wildman–Crippen LogP) is 5.60. The number of rotatable bonds is 5. The van der Waals surface area contributed by atoms with Gasteiger partial charge in [-0.05, 0) is 46.3 Å². The molecule has 10 heteroatoms. The average Bonchev–Trinajstić information content (AvgIpc) is 3.26. The van der Waals surface area contributed by atoms with Gasteiger partial charge in [0.15, 0.2) is 5.13 Å². The molecular formula is C17H10Br2N4O2S2. The summed E-state index contributed by atoms with van der Waals surface area (Å²) in [4.78, 5) is 16.6. The molecular weight excluding hydrogens is 516 g/mol. The van der Waals surface area contributed by atoms with Gasteiger partial charge in [-0.15, -0.1) is 10.2 Å².